The fourth-order valence-electron chi connectivity index (χ4n) is 2.87. The summed E-state index contributed by atoms with van der Waals surface area (Å²) in [6, 6.07) is 5.15. The number of likely N-dealkylation sites (tertiary alicyclic amines) is 1. The number of aryl methyl sites for hydroxylation is 1. The van der Waals surface area contributed by atoms with Crippen molar-refractivity contribution in [3.8, 4) is 11.3 Å². The highest BCUT2D eigenvalue weighted by atomic mass is 35.5. The standard InChI is InChI=1S/C16H17Cl2N3O2.ClH/c1-9-13(16(22)21-7-3-4-10(19)8-21)15(20-23-9)14-11(17)5-2-6-12(14)18;/h2,5-6,10H,3-4,7-8,19H2,1H3;1H. The number of hydrogen-bond donors (Lipinski definition) is 1. The Kier molecular flexibility index (Phi) is 6.15. The molecule has 24 heavy (non-hydrogen) atoms. The van der Waals surface area contributed by atoms with Crippen molar-refractivity contribution in [1.82, 2.24) is 10.1 Å². The van der Waals surface area contributed by atoms with Crippen molar-refractivity contribution in [3.05, 3.63) is 39.6 Å². The topological polar surface area (TPSA) is 72.4 Å². The van der Waals surface area contributed by atoms with E-state index in [1.54, 1.807) is 30.0 Å². The lowest BCUT2D eigenvalue weighted by atomic mass is 10.0. The summed E-state index contributed by atoms with van der Waals surface area (Å²) in [6.07, 6.45) is 1.81. The average Bonchev–Trinajstić information content (AvgIpc) is 2.88. The summed E-state index contributed by atoms with van der Waals surface area (Å²) in [7, 11) is 0. The summed E-state index contributed by atoms with van der Waals surface area (Å²) < 4.78 is 5.25. The first-order chi connectivity index (χ1) is 11.0. The van der Waals surface area contributed by atoms with Gasteiger partial charge in [-0.2, -0.15) is 0 Å². The van der Waals surface area contributed by atoms with Gasteiger partial charge in [0.1, 0.15) is 17.0 Å². The Morgan fingerprint density at radius 3 is 2.67 bits per heavy atom. The minimum atomic E-state index is -0.148. The summed E-state index contributed by atoms with van der Waals surface area (Å²) in [4.78, 5) is 14.7. The van der Waals surface area contributed by atoms with Crippen molar-refractivity contribution in [2.75, 3.05) is 13.1 Å². The highest BCUT2D eigenvalue weighted by Crippen LogP contribution is 2.37. The number of piperidine rings is 1. The van der Waals surface area contributed by atoms with Crippen LogP contribution in [0.3, 0.4) is 0 Å². The van der Waals surface area contributed by atoms with Crippen molar-refractivity contribution in [2.24, 2.45) is 5.73 Å². The van der Waals surface area contributed by atoms with Gasteiger partial charge in [-0.15, -0.1) is 12.4 Å². The molecule has 0 spiro atoms. The Morgan fingerprint density at radius 1 is 1.38 bits per heavy atom. The number of amides is 1. The molecular weight excluding hydrogens is 373 g/mol. The molecule has 0 bridgehead atoms. The third-order valence-corrected chi connectivity index (χ3v) is 4.65. The number of benzene rings is 1. The molecule has 3 rings (SSSR count). The molecule has 2 heterocycles. The summed E-state index contributed by atoms with van der Waals surface area (Å²) in [5, 5.41) is 4.87. The Morgan fingerprint density at radius 2 is 2.04 bits per heavy atom. The average molecular weight is 391 g/mol. The molecule has 1 atom stereocenters. The highest BCUT2D eigenvalue weighted by molar-refractivity contribution is 6.39. The fourth-order valence-corrected chi connectivity index (χ4v) is 3.45. The second-order valence-corrected chi connectivity index (χ2v) is 6.53. The van der Waals surface area contributed by atoms with Gasteiger partial charge in [0, 0.05) is 24.7 Å². The molecule has 5 nitrogen and oxygen atoms in total. The van der Waals surface area contributed by atoms with Crippen LogP contribution in [0.5, 0.6) is 0 Å². The van der Waals surface area contributed by atoms with Crippen LogP contribution < -0.4 is 5.73 Å². The lowest BCUT2D eigenvalue weighted by molar-refractivity contribution is 0.0707. The number of nitrogens with two attached hydrogens (primary N) is 1. The number of carbonyl (C=O) groups excluding carboxylic acids is 1. The van der Waals surface area contributed by atoms with Crippen molar-refractivity contribution in [3.63, 3.8) is 0 Å². The number of carbonyl (C=O) groups is 1. The van der Waals surface area contributed by atoms with Gasteiger partial charge in [0.15, 0.2) is 0 Å². The Hall–Kier alpha value is -1.27. The second-order valence-electron chi connectivity index (χ2n) is 5.71. The summed E-state index contributed by atoms with van der Waals surface area (Å²) in [6.45, 7) is 2.91. The first-order valence-electron chi connectivity index (χ1n) is 7.44. The minimum Gasteiger partial charge on any atom is -0.360 e. The van der Waals surface area contributed by atoms with Crippen LogP contribution in [-0.2, 0) is 0 Å². The molecule has 1 aromatic carbocycles. The first kappa shape index (κ1) is 19.1. The third-order valence-electron chi connectivity index (χ3n) is 4.02. The molecule has 0 radical (unpaired) electrons. The van der Waals surface area contributed by atoms with Gasteiger partial charge in [-0.1, -0.05) is 34.4 Å². The summed E-state index contributed by atoms with van der Waals surface area (Å²) >= 11 is 12.5. The van der Waals surface area contributed by atoms with E-state index in [9.17, 15) is 4.79 Å². The second kappa shape index (κ2) is 7.74. The largest absolute Gasteiger partial charge is 0.360 e. The van der Waals surface area contributed by atoms with Gasteiger partial charge in [-0.05, 0) is 31.9 Å². The maximum absolute atomic E-state index is 12.9. The Labute approximate surface area is 156 Å². The van der Waals surface area contributed by atoms with E-state index in [4.69, 9.17) is 33.5 Å². The third kappa shape index (κ3) is 3.54. The van der Waals surface area contributed by atoms with E-state index in [1.165, 1.54) is 0 Å². The predicted molar refractivity (Wildman–Crippen MR) is 97.1 cm³/mol. The molecule has 1 aliphatic rings. The Balaban J connectivity index is 0.00000208. The number of hydrogen-bond acceptors (Lipinski definition) is 4. The molecule has 1 saturated heterocycles. The van der Waals surface area contributed by atoms with E-state index in [0.717, 1.165) is 12.8 Å². The fraction of sp³-hybridized carbons (Fsp3) is 0.375. The van der Waals surface area contributed by atoms with Crippen LogP contribution in [0.15, 0.2) is 22.7 Å². The monoisotopic (exact) mass is 389 g/mol. The van der Waals surface area contributed by atoms with Crippen LogP contribution in [0.1, 0.15) is 29.0 Å². The lowest BCUT2D eigenvalue weighted by Gasteiger charge is -2.30. The maximum atomic E-state index is 12.9. The van der Waals surface area contributed by atoms with Gasteiger partial charge < -0.3 is 15.2 Å². The molecule has 8 heteroatoms. The zero-order valence-electron chi connectivity index (χ0n) is 13.1. The highest BCUT2D eigenvalue weighted by Gasteiger charge is 2.30. The van der Waals surface area contributed by atoms with Crippen molar-refractivity contribution in [2.45, 2.75) is 25.8 Å². The number of aromatic nitrogens is 1. The molecule has 1 aromatic heterocycles. The van der Waals surface area contributed by atoms with Gasteiger partial charge in [0.05, 0.1) is 10.0 Å². The van der Waals surface area contributed by atoms with E-state index in [0.29, 0.717) is 45.7 Å². The van der Waals surface area contributed by atoms with Gasteiger partial charge in [-0.25, -0.2) is 0 Å². The zero-order valence-corrected chi connectivity index (χ0v) is 15.4. The van der Waals surface area contributed by atoms with E-state index >= 15 is 0 Å². The SMILES string of the molecule is Cc1onc(-c2c(Cl)cccc2Cl)c1C(=O)N1CCCC(N)C1.Cl. The van der Waals surface area contributed by atoms with Gasteiger partial charge >= 0.3 is 0 Å². The van der Waals surface area contributed by atoms with E-state index in [-0.39, 0.29) is 24.4 Å². The van der Waals surface area contributed by atoms with Crippen LogP contribution in [0, 0.1) is 6.92 Å². The maximum Gasteiger partial charge on any atom is 0.259 e. The van der Waals surface area contributed by atoms with Gasteiger partial charge in [0.25, 0.3) is 5.91 Å². The molecule has 1 fully saturated rings. The predicted octanol–water partition coefficient (Wildman–Crippen LogP) is 3.94. The summed E-state index contributed by atoms with van der Waals surface area (Å²) in [5.74, 6) is 0.296. The molecule has 1 unspecified atom stereocenters. The smallest absolute Gasteiger partial charge is 0.259 e. The molecule has 1 amide bonds. The van der Waals surface area contributed by atoms with Crippen LogP contribution >= 0.6 is 35.6 Å². The van der Waals surface area contributed by atoms with Crippen LogP contribution in [0.25, 0.3) is 11.3 Å². The normalized spacial score (nSPS) is 17.5. The molecule has 2 aromatic rings. The Bertz CT molecular complexity index is 728. The van der Waals surface area contributed by atoms with Crippen LogP contribution in [0.4, 0.5) is 0 Å². The van der Waals surface area contributed by atoms with Crippen molar-refractivity contribution < 1.29 is 9.32 Å². The van der Waals surface area contributed by atoms with E-state index in [1.807, 2.05) is 0 Å². The molecule has 2 N–H and O–H groups in total. The number of nitrogens with zero attached hydrogens (tertiary/aromatic N) is 2. The van der Waals surface area contributed by atoms with E-state index in [2.05, 4.69) is 5.16 Å². The van der Waals surface area contributed by atoms with Crippen LogP contribution in [-0.4, -0.2) is 35.1 Å². The molecule has 1 aliphatic heterocycles. The quantitative estimate of drug-likeness (QED) is 0.843. The van der Waals surface area contributed by atoms with Gasteiger partial charge in [0.2, 0.25) is 0 Å². The molecular formula is C16H18Cl3N3O2. The number of halogens is 3. The van der Waals surface area contributed by atoms with Gasteiger partial charge in [-0.3, -0.25) is 4.79 Å². The number of rotatable bonds is 2. The zero-order chi connectivity index (χ0) is 16.6. The van der Waals surface area contributed by atoms with Crippen LogP contribution in [0.2, 0.25) is 10.0 Å². The lowest BCUT2D eigenvalue weighted by Crippen LogP contribution is -2.45. The molecule has 130 valence electrons. The molecule has 0 saturated carbocycles. The van der Waals surface area contributed by atoms with E-state index < -0.39 is 0 Å². The van der Waals surface area contributed by atoms with Crippen molar-refractivity contribution >= 4 is 41.5 Å². The summed E-state index contributed by atoms with van der Waals surface area (Å²) in [5.41, 5.74) is 7.26. The first-order valence-corrected chi connectivity index (χ1v) is 8.20. The molecule has 0 aliphatic carbocycles. The van der Waals surface area contributed by atoms with Crippen molar-refractivity contribution in [1.29, 1.82) is 0 Å². The minimum absolute atomic E-state index is 0.